The van der Waals surface area contributed by atoms with Crippen LogP contribution in [0.25, 0.3) is 22.0 Å². The molecule has 154 valence electrons. The summed E-state index contributed by atoms with van der Waals surface area (Å²) < 4.78 is 5.32. The first-order chi connectivity index (χ1) is 15.1. The van der Waals surface area contributed by atoms with Crippen LogP contribution in [0.3, 0.4) is 0 Å². The van der Waals surface area contributed by atoms with E-state index in [1.54, 1.807) is 29.9 Å². The number of carbonyl (C=O) groups excluding carboxylic acids is 2. The van der Waals surface area contributed by atoms with E-state index in [2.05, 4.69) is 20.3 Å². The highest BCUT2D eigenvalue weighted by Gasteiger charge is 2.22. The molecule has 1 amide bonds. The van der Waals surface area contributed by atoms with E-state index in [0.29, 0.717) is 16.5 Å². The Bertz CT molecular complexity index is 1200. The second kappa shape index (κ2) is 9.27. The molecule has 7 nitrogen and oxygen atoms in total. The Balaban J connectivity index is 1.43. The molecule has 0 aliphatic rings. The zero-order valence-electron chi connectivity index (χ0n) is 16.6. The molecule has 0 saturated carbocycles. The fourth-order valence-corrected chi connectivity index (χ4v) is 3.58. The van der Waals surface area contributed by atoms with Crippen molar-refractivity contribution < 1.29 is 14.3 Å². The van der Waals surface area contributed by atoms with Gasteiger partial charge in [-0.3, -0.25) is 4.79 Å². The molecule has 0 aliphatic heterocycles. The first-order valence-corrected chi connectivity index (χ1v) is 10.4. The van der Waals surface area contributed by atoms with E-state index < -0.39 is 18.0 Å². The Morgan fingerprint density at radius 3 is 2.45 bits per heavy atom. The minimum absolute atomic E-state index is 0.108. The fraction of sp³-hybridized carbons (Fsp3) is 0.0870. The van der Waals surface area contributed by atoms with E-state index >= 15 is 0 Å². The van der Waals surface area contributed by atoms with Crippen molar-refractivity contribution in [2.75, 3.05) is 5.32 Å². The average molecular weight is 430 g/mol. The van der Waals surface area contributed by atoms with Gasteiger partial charge in [0, 0.05) is 29.0 Å². The number of benzene rings is 2. The number of ether oxygens (including phenoxy) is 1. The summed E-state index contributed by atoms with van der Waals surface area (Å²) in [6, 6.07) is 18.9. The molecular weight excluding hydrogens is 412 g/mol. The lowest BCUT2D eigenvalue weighted by Crippen LogP contribution is -2.30. The molecule has 0 spiro atoms. The third kappa shape index (κ3) is 4.81. The van der Waals surface area contributed by atoms with Crippen LogP contribution in [0.15, 0.2) is 78.4 Å². The molecule has 4 rings (SSSR count). The first-order valence-electron chi connectivity index (χ1n) is 9.51. The molecule has 0 aliphatic carbocycles. The van der Waals surface area contributed by atoms with E-state index in [1.807, 2.05) is 48.5 Å². The maximum atomic E-state index is 12.7. The molecule has 1 N–H and O–H groups in total. The summed E-state index contributed by atoms with van der Waals surface area (Å²) in [6.45, 7) is 1.52. The van der Waals surface area contributed by atoms with Crippen LogP contribution in [-0.2, 0) is 9.53 Å². The van der Waals surface area contributed by atoms with Gasteiger partial charge in [-0.15, -0.1) is 11.3 Å². The van der Waals surface area contributed by atoms with Crippen molar-refractivity contribution in [3.05, 3.63) is 84.1 Å². The zero-order valence-corrected chi connectivity index (χ0v) is 17.4. The molecule has 2 aromatic carbocycles. The minimum atomic E-state index is -1.01. The van der Waals surface area contributed by atoms with Crippen molar-refractivity contribution in [2.45, 2.75) is 13.0 Å². The molecule has 0 bridgehead atoms. The summed E-state index contributed by atoms with van der Waals surface area (Å²) >= 11 is 1.23. The van der Waals surface area contributed by atoms with E-state index in [9.17, 15) is 9.59 Å². The number of aromatic nitrogens is 3. The number of amides is 1. The van der Waals surface area contributed by atoms with Gasteiger partial charge in [-0.1, -0.05) is 48.5 Å². The number of nitrogens with one attached hydrogen (secondary N) is 1. The van der Waals surface area contributed by atoms with E-state index in [4.69, 9.17) is 4.74 Å². The van der Waals surface area contributed by atoms with Crippen molar-refractivity contribution in [1.29, 1.82) is 0 Å². The number of hydrogen-bond acceptors (Lipinski definition) is 7. The number of carbonyl (C=O) groups is 2. The van der Waals surface area contributed by atoms with E-state index in [-0.39, 0.29) is 5.69 Å². The molecule has 0 radical (unpaired) electrons. The Hall–Kier alpha value is -3.91. The maximum absolute atomic E-state index is 12.7. The highest BCUT2D eigenvalue weighted by atomic mass is 32.1. The van der Waals surface area contributed by atoms with Crippen molar-refractivity contribution in [1.82, 2.24) is 15.0 Å². The molecule has 4 aromatic rings. The third-order valence-corrected chi connectivity index (χ3v) is 5.23. The average Bonchev–Trinajstić information content (AvgIpc) is 3.31. The molecule has 31 heavy (non-hydrogen) atoms. The SMILES string of the molecule is CC(OC(=O)c1csc(-c2ncccn2)n1)C(=O)Nc1ccccc1-c1ccccc1. The first kappa shape index (κ1) is 20.4. The monoisotopic (exact) mass is 430 g/mol. The van der Waals surface area contributed by atoms with Crippen LogP contribution in [0.4, 0.5) is 5.69 Å². The van der Waals surface area contributed by atoms with Crippen molar-refractivity contribution in [3.8, 4) is 22.0 Å². The second-order valence-corrected chi connectivity index (χ2v) is 7.42. The van der Waals surface area contributed by atoms with E-state index in [0.717, 1.165) is 11.1 Å². The van der Waals surface area contributed by atoms with Crippen molar-refractivity contribution in [3.63, 3.8) is 0 Å². The van der Waals surface area contributed by atoms with Gasteiger partial charge in [0.2, 0.25) is 0 Å². The number of thiazole rings is 1. The van der Waals surface area contributed by atoms with Gasteiger partial charge in [0.15, 0.2) is 22.6 Å². The summed E-state index contributed by atoms with van der Waals surface area (Å²) in [5.74, 6) is -0.689. The molecule has 1 atom stereocenters. The van der Waals surface area contributed by atoms with Crippen molar-refractivity contribution >= 4 is 28.9 Å². The van der Waals surface area contributed by atoms with Gasteiger partial charge in [0.05, 0.1) is 0 Å². The van der Waals surface area contributed by atoms with Gasteiger partial charge in [-0.05, 0) is 24.6 Å². The Kier molecular flexibility index (Phi) is 6.09. The molecule has 8 heteroatoms. The summed E-state index contributed by atoms with van der Waals surface area (Å²) in [5, 5.41) is 4.90. The van der Waals surface area contributed by atoms with Gasteiger partial charge < -0.3 is 10.1 Å². The van der Waals surface area contributed by atoms with Gasteiger partial charge in [-0.25, -0.2) is 19.7 Å². The Morgan fingerprint density at radius 1 is 0.968 bits per heavy atom. The normalized spacial score (nSPS) is 11.5. The summed E-state index contributed by atoms with van der Waals surface area (Å²) in [7, 11) is 0. The molecule has 0 saturated heterocycles. The van der Waals surface area contributed by atoms with E-state index in [1.165, 1.54) is 18.3 Å². The Labute approximate surface area is 182 Å². The minimum Gasteiger partial charge on any atom is -0.448 e. The fourth-order valence-electron chi connectivity index (χ4n) is 2.85. The predicted octanol–water partition coefficient (Wildman–Crippen LogP) is 4.45. The highest BCUT2D eigenvalue weighted by molar-refractivity contribution is 7.13. The van der Waals surface area contributed by atoms with Gasteiger partial charge >= 0.3 is 5.97 Å². The van der Waals surface area contributed by atoms with Gasteiger partial charge in [0.1, 0.15) is 0 Å². The lowest BCUT2D eigenvalue weighted by Gasteiger charge is -2.15. The largest absolute Gasteiger partial charge is 0.448 e. The Morgan fingerprint density at radius 2 is 1.68 bits per heavy atom. The maximum Gasteiger partial charge on any atom is 0.358 e. The van der Waals surface area contributed by atoms with Crippen molar-refractivity contribution in [2.24, 2.45) is 0 Å². The summed E-state index contributed by atoms with van der Waals surface area (Å²) in [4.78, 5) is 37.6. The van der Waals surface area contributed by atoms with Crippen LogP contribution in [0.1, 0.15) is 17.4 Å². The van der Waals surface area contributed by atoms with Crippen LogP contribution in [-0.4, -0.2) is 32.9 Å². The lowest BCUT2D eigenvalue weighted by molar-refractivity contribution is -0.123. The van der Waals surface area contributed by atoms with Gasteiger partial charge in [0.25, 0.3) is 5.91 Å². The van der Waals surface area contributed by atoms with Gasteiger partial charge in [-0.2, -0.15) is 0 Å². The predicted molar refractivity (Wildman–Crippen MR) is 119 cm³/mol. The number of rotatable bonds is 6. The number of anilines is 1. The van der Waals surface area contributed by atoms with Crippen LogP contribution >= 0.6 is 11.3 Å². The number of para-hydroxylation sites is 1. The summed E-state index contributed by atoms with van der Waals surface area (Å²) in [6.07, 6.45) is 2.19. The lowest BCUT2D eigenvalue weighted by atomic mass is 10.0. The van der Waals surface area contributed by atoms with Crippen LogP contribution < -0.4 is 5.32 Å². The molecule has 2 heterocycles. The van der Waals surface area contributed by atoms with Crippen LogP contribution in [0.5, 0.6) is 0 Å². The molecule has 2 aromatic heterocycles. The highest BCUT2D eigenvalue weighted by Crippen LogP contribution is 2.28. The quantitative estimate of drug-likeness (QED) is 0.454. The molecule has 1 unspecified atom stereocenters. The summed E-state index contributed by atoms with van der Waals surface area (Å²) in [5.41, 5.74) is 2.60. The standard InChI is InChI=1S/C23H18N4O3S/c1-15(30-23(29)19-14-31-22(27-19)20-24-12-7-13-25-20)21(28)26-18-11-6-5-10-17(18)16-8-3-2-4-9-16/h2-15H,1H3,(H,26,28). The topological polar surface area (TPSA) is 94.1 Å². The second-order valence-electron chi connectivity index (χ2n) is 6.56. The number of esters is 1. The number of hydrogen-bond donors (Lipinski definition) is 1. The zero-order chi connectivity index (χ0) is 21.6. The van der Waals surface area contributed by atoms with Crippen LogP contribution in [0.2, 0.25) is 0 Å². The number of nitrogens with zero attached hydrogens (tertiary/aromatic N) is 3. The molecular formula is C23H18N4O3S. The third-order valence-electron chi connectivity index (χ3n) is 4.39. The molecule has 0 fully saturated rings. The van der Waals surface area contributed by atoms with Crippen LogP contribution in [0, 0.1) is 0 Å². The smallest absolute Gasteiger partial charge is 0.358 e.